The Balaban J connectivity index is 2.11. The number of nitrogens with zero attached hydrogens (tertiary/aromatic N) is 1. The molecule has 0 radical (unpaired) electrons. The van der Waals surface area contributed by atoms with Gasteiger partial charge in [-0.1, -0.05) is 43.5 Å². The van der Waals surface area contributed by atoms with E-state index in [1.807, 2.05) is 30.3 Å². The molecule has 0 aromatic heterocycles. The van der Waals surface area contributed by atoms with Crippen molar-refractivity contribution in [3.05, 3.63) is 77.4 Å². The van der Waals surface area contributed by atoms with Crippen LogP contribution in [-0.4, -0.2) is 45.3 Å². The third kappa shape index (κ3) is 3.84. The number of likely N-dealkylation sites (tertiary alicyclic amines) is 1. The van der Waals surface area contributed by atoms with Crippen LogP contribution in [-0.2, 0) is 14.6 Å². The minimum absolute atomic E-state index is 0.0541. The van der Waals surface area contributed by atoms with Crippen molar-refractivity contribution >= 4 is 15.4 Å². The summed E-state index contributed by atoms with van der Waals surface area (Å²) in [5, 5.41) is 0. The van der Waals surface area contributed by atoms with Crippen molar-refractivity contribution < 1.29 is 13.2 Å². The standard InChI is InChI=1S/C21H25NO3S/c1-16(26(4,23)24)14-19-17(2)25-21(10-12-22(3)13-11-21)15-20(19)18-8-6-5-7-9-18/h5-9,14-15H,1-2,10-13H2,3-4H3/b19-14+. The van der Waals surface area contributed by atoms with Crippen LogP contribution in [0.5, 0.6) is 0 Å². The summed E-state index contributed by atoms with van der Waals surface area (Å²) in [4.78, 5) is 2.34. The summed E-state index contributed by atoms with van der Waals surface area (Å²) in [5.41, 5.74) is 2.26. The molecule has 0 saturated carbocycles. The lowest BCUT2D eigenvalue weighted by atomic mass is 9.82. The van der Waals surface area contributed by atoms with Crippen molar-refractivity contribution in [2.24, 2.45) is 0 Å². The average molecular weight is 372 g/mol. The number of allylic oxidation sites excluding steroid dienone is 2. The molecule has 0 atom stereocenters. The molecule has 1 aromatic carbocycles. The molecule has 2 aliphatic rings. The first kappa shape index (κ1) is 18.7. The number of benzene rings is 1. The van der Waals surface area contributed by atoms with Crippen molar-refractivity contribution in [2.75, 3.05) is 26.4 Å². The van der Waals surface area contributed by atoms with Gasteiger partial charge in [0, 0.05) is 37.8 Å². The van der Waals surface area contributed by atoms with E-state index in [9.17, 15) is 8.42 Å². The van der Waals surface area contributed by atoms with Gasteiger partial charge in [-0.15, -0.1) is 0 Å². The highest BCUT2D eigenvalue weighted by Gasteiger charge is 2.39. The average Bonchev–Trinajstić information content (AvgIpc) is 2.60. The summed E-state index contributed by atoms with van der Waals surface area (Å²) in [5.74, 6) is 0.501. The summed E-state index contributed by atoms with van der Waals surface area (Å²) in [7, 11) is -1.27. The van der Waals surface area contributed by atoms with Crippen LogP contribution < -0.4 is 0 Å². The second kappa shape index (κ2) is 6.89. The molecule has 1 fully saturated rings. The van der Waals surface area contributed by atoms with Gasteiger partial charge in [0.25, 0.3) is 0 Å². The van der Waals surface area contributed by atoms with Gasteiger partial charge in [0.15, 0.2) is 9.84 Å². The van der Waals surface area contributed by atoms with E-state index in [2.05, 4.69) is 31.2 Å². The smallest absolute Gasteiger partial charge is 0.174 e. The van der Waals surface area contributed by atoms with Crippen LogP contribution >= 0.6 is 0 Å². The Morgan fingerprint density at radius 2 is 1.85 bits per heavy atom. The van der Waals surface area contributed by atoms with Gasteiger partial charge in [0.2, 0.25) is 0 Å². The summed E-state index contributed by atoms with van der Waals surface area (Å²) in [6.45, 7) is 9.69. The number of ether oxygens (including phenoxy) is 1. The van der Waals surface area contributed by atoms with E-state index >= 15 is 0 Å². The molecule has 2 heterocycles. The van der Waals surface area contributed by atoms with E-state index in [1.54, 1.807) is 6.08 Å². The van der Waals surface area contributed by atoms with Gasteiger partial charge < -0.3 is 9.64 Å². The highest BCUT2D eigenvalue weighted by molar-refractivity contribution is 7.94. The summed E-state index contributed by atoms with van der Waals surface area (Å²) in [6, 6.07) is 9.94. The van der Waals surface area contributed by atoms with Gasteiger partial charge in [0.05, 0.1) is 4.91 Å². The zero-order chi connectivity index (χ0) is 18.9. The fourth-order valence-electron chi connectivity index (χ4n) is 3.35. The number of hydrogen-bond acceptors (Lipinski definition) is 4. The molecule has 4 nitrogen and oxygen atoms in total. The molecular weight excluding hydrogens is 346 g/mol. The van der Waals surface area contributed by atoms with E-state index in [-0.39, 0.29) is 4.91 Å². The molecule has 1 saturated heterocycles. The van der Waals surface area contributed by atoms with E-state index in [1.165, 1.54) is 0 Å². The van der Waals surface area contributed by atoms with Gasteiger partial charge in [-0.2, -0.15) is 0 Å². The lowest BCUT2D eigenvalue weighted by Gasteiger charge is -2.43. The molecule has 0 amide bonds. The first-order valence-electron chi connectivity index (χ1n) is 8.66. The van der Waals surface area contributed by atoms with E-state index in [0.29, 0.717) is 11.3 Å². The monoisotopic (exact) mass is 371 g/mol. The zero-order valence-corrected chi connectivity index (χ0v) is 16.2. The maximum absolute atomic E-state index is 11.8. The van der Waals surface area contributed by atoms with Crippen LogP contribution in [0, 0.1) is 0 Å². The predicted octanol–water partition coefficient (Wildman–Crippen LogP) is 3.56. The molecule has 26 heavy (non-hydrogen) atoms. The summed E-state index contributed by atoms with van der Waals surface area (Å²) < 4.78 is 29.9. The second-order valence-electron chi connectivity index (χ2n) is 7.11. The zero-order valence-electron chi connectivity index (χ0n) is 15.4. The predicted molar refractivity (Wildman–Crippen MR) is 106 cm³/mol. The molecule has 2 aliphatic heterocycles. The molecule has 1 aromatic rings. The molecule has 0 unspecified atom stereocenters. The van der Waals surface area contributed by atoms with E-state index in [0.717, 1.165) is 43.3 Å². The number of rotatable bonds is 3. The van der Waals surface area contributed by atoms with Gasteiger partial charge in [-0.25, -0.2) is 8.42 Å². The van der Waals surface area contributed by atoms with E-state index < -0.39 is 15.4 Å². The highest BCUT2D eigenvalue weighted by atomic mass is 32.2. The van der Waals surface area contributed by atoms with Crippen LogP contribution in [0.4, 0.5) is 0 Å². The van der Waals surface area contributed by atoms with Crippen LogP contribution in [0.15, 0.2) is 71.9 Å². The maximum atomic E-state index is 11.8. The maximum Gasteiger partial charge on any atom is 0.174 e. The largest absolute Gasteiger partial charge is 0.483 e. The molecule has 138 valence electrons. The fourth-order valence-corrected chi connectivity index (χ4v) is 3.68. The van der Waals surface area contributed by atoms with Gasteiger partial charge in [0.1, 0.15) is 11.4 Å². The molecule has 0 aliphatic carbocycles. The number of sulfone groups is 1. The fraction of sp³-hybridized carbons (Fsp3) is 0.333. The highest BCUT2D eigenvalue weighted by Crippen LogP contribution is 2.43. The third-order valence-corrected chi connectivity index (χ3v) is 6.09. The molecule has 3 rings (SSSR count). The quantitative estimate of drug-likeness (QED) is 0.815. The Morgan fingerprint density at radius 3 is 2.42 bits per heavy atom. The van der Waals surface area contributed by atoms with Gasteiger partial charge in [-0.05, 0) is 30.3 Å². The van der Waals surface area contributed by atoms with Crippen LogP contribution in [0.1, 0.15) is 18.4 Å². The Kier molecular flexibility index (Phi) is 4.95. The normalized spacial score (nSPS) is 22.2. The van der Waals surface area contributed by atoms with Gasteiger partial charge >= 0.3 is 0 Å². The number of hydrogen-bond donors (Lipinski definition) is 0. The van der Waals surface area contributed by atoms with E-state index in [4.69, 9.17) is 4.74 Å². The minimum atomic E-state index is -3.37. The Hall–Kier alpha value is -2.11. The van der Waals surface area contributed by atoms with Crippen molar-refractivity contribution in [3.8, 4) is 0 Å². The summed E-state index contributed by atoms with van der Waals surface area (Å²) in [6.07, 6.45) is 6.62. The first-order valence-corrected chi connectivity index (χ1v) is 10.6. The lowest BCUT2D eigenvalue weighted by molar-refractivity contribution is -0.00331. The van der Waals surface area contributed by atoms with Crippen molar-refractivity contribution in [3.63, 3.8) is 0 Å². The molecule has 0 bridgehead atoms. The SMILES string of the molecule is C=C1OC2(C=C(c3ccccc3)/C1=C/C(=C)S(C)(=O)=O)CCN(C)CC2. The minimum Gasteiger partial charge on any atom is -0.483 e. The van der Waals surface area contributed by atoms with Crippen molar-refractivity contribution in [1.29, 1.82) is 0 Å². The molecular formula is C21H25NO3S. The first-order chi connectivity index (χ1) is 12.2. The summed E-state index contributed by atoms with van der Waals surface area (Å²) >= 11 is 0. The van der Waals surface area contributed by atoms with Gasteiger partial charge in [-0.3, -0.25) is 0 Å². The second-order valence-corrected chi connectivity index (χ2v) is 9.18. The van der Waals surface area contributed by atoms with Crippen LogP contribution in [0.3, 0.4) is 0 Å². The Bertz CT molecular complexity index is 886. The van der Waals surface area contributed by atoms with Crippen molar-refractivity contribution in [1.82, 2.24) is 4.90 Å². The molecule has 0 N–H and O–H groups in total. The Labute approximate surface area is 156 Å². The molecule has 5 heteroatoms. The Morgan fingerprint density at radius 1 is 1.23 bits per heavy atom. The number of piperidine rings is 1. The lowest BCUT2D eigenvalue weighted by Crippen LogP contribution is -2.44. The van der Waals surface area contributed by atoms with Crippen LogP contribution in [0.2, 0.25) is 0 Å². The topological polar surface area (TPSA) is 46.6 Å². The molecule has 1 spiro atoms. The van der Waals surface area contributed by atoms with Crippen molar-refractivity contribution in [2.45, 2.75) is 18.4 Å². The third-order valence-electron chi connectivity index (χ3n) is 5.02. The van der Waals surface area contributed by atoms with Crippen LogP contribution in [0.25, 0.3) is 5.57 Å².